The zero-order valence-corrected chi connectivity index (χ0v) is 10.9. The van der Waals surface area contributed by atoms with E-state index >= 15 is 0 Å². The van der Waals surface area contributed by atoms with Gasteiger partial charge in [-0.3, -0.25) is 0 Å². The Balaban J connectivity index is 2.31. The van der Waals surface area contributed by atoms with E-state index in [4.69, 9.17) is 4.74 Å². The van der Waals surface area contributed by atoms with Gasteiger partial charge < -0.3 is 4.74 Å². The van der Waals surface area contributed by atoms with Crippen molar-refractivity contribution < 1.29 is 9.53 Å². The van der Waals surface area contributed by atoms with Crippen molar-refractivity contribution in [1.82, 2.24) is 4.98 Å². The van der Waals surface area contributed by atoms with E-state index in [1.807, 2.05) is 31.2 Å². The fourth-order valence-electron chi connectivity index (χ4n) is 2.01. The number of aromatic nitrogens is 1. The SMILES string of the molecule is COC(=O)c1cc2cc3cccc(C)c3nc2s1. The van der Waals surface area contributed by atoms with Crippen molar-refractivity contribution in [3.05, 3.63) is 40.8 Å². The molecular weight excluding hydrogens is 246 g/mol. The summed E-state index contributed by atoms with van der Waals surface area (Å²) < 4.78 is 4.73. The normalized spacial score (nSPS) is 11.0. The number of nitrogens with zero attached hydrogens (tertiary/aromatic N) is 1. The van der Waals surface area contributed by atoms with Gasteiger partial charge in [0.15, 0.2) is 0 Å². The molecule has 18 heavy (non-hydrogen) atoms. The molecule has 0 fully saturated rings. The summed E-state index contributed by atoms with van der Waals surface area (Å²) in [5.41, 5.74) is 2.13. The molecule has 0 aliphatic carbocycles. The zero-order chi connectivity index (χ0) is 12.7. The molecule has 3 nitrogen and oxygen atoms in total. The Labute approximate surface area is 108 Å². The lowest BCUT2D eigenvalue weighted by molar-refractivity contribution is 0.0606. The maximum atomic E-state index is 11.5. The fraction of sp³-hybridized carbons (Fsp3) is 0.143. The molecule has 0 aliphatic rings. The number of hydrogen-bond donors (Lipinski definition) is 0. The largest absolute Gasteiger partial charge is 0.465 e. The van der Waals surface area contributed by atoms with Gasteiger partial charge >= 0.3 is 5.97 Å². The van der Waals surface area contributed by atoms with Gasteiger partial charge in [-0.2, -0.15) is 0 Å². The van der Waals surface area contributed by atoms with E-state index in [0.717, 1.165) is 26.7 Å². The van der Waals surface area contributed by atoms with Crippen molar-refractivity contribution in [1.29, 1.82) is 0 Å². The third-order valence-electron chi connectivity index (χ3n) is 2.92. The van der Waals surface area contributed by atoms with Crippen molar-refractivity contribution in [3.63, 3.8) is 0 Å². The van der Waals surface area contributed by atoms with Crippen molar-refractivity contribution in [2.45, 2.75) is 6.92 Å². The van der Waals surface area contributed by atoms with Crippen LogP contribution < -0.4 is 0 Å². The average Bonchev–Trinajstić information content (AvgIpc) is 2.79. The summed E-state index contributed by atoms with van der Waals surface area (Å²) in [5.74, 6) is -0.307. The van der Waals surface area contributed by atoms with E-state index < -0.39 is 0 Å². The molecular formula is C14H11NO2S. The monoisotopic (exact) mass is 257 g/mol. The maximum Gasteiger partial charge on any atom is 0.348 e. The lowest BCUT2D eigenvalue weighted by Gasteiger charge is -2.00. The topological polar surface area (TPSA) is 39.2 Å². The van der Waals surface area contributed by atoms with Gasteiger partial charge in [0, 0.05) is 10.8 Å². The third-order valence-corrected chi connectivity index (χ3v) is 3.94. The van der Waals surface area contributed by atoms with E-state index in [2.05, 4.69) is 11.1 Å². The van der Waals surface area contributed by atoms with Crippen LogP contribution in [0.3, 0.4) is 0 Å². The number of carbonyl (C=O) groups is 1. The minimum atomic E-state index is -0.307. The number of aryl methyl sites for hydroxylation is 1. The van der Waals surface area contributed by atoms with Gasteiger partial charge in [0.2, 0.25) is 0 Å². The van der Waals surface area contributed by atoms with E-state index in [1.54, 1.807) is 0 Å². The molecule has 0 amide bonds. The van der Waals surface area contributed by atoms with Gasteiger partial charge in [-0.25, -0.2) is 9.78 Å². The summed E-state index contributed by atoms with van der Waals surface area (Å²) in [6.07, 6.45) is 0. The number of hydrogen-bond acceptors (Lipinski definition) is 4. The molecule has 3 aromatic rings. The van der Waals surface area contributed by atoms with Gasteiger partial charge in [0.05, 0.1) is 12.6 Å². The number of ether oxygens (including phenoxy) is 1. The van der Waals surface area contributed by atoms with Crippen molar-refractivity contribution in [3.8, 4) is 0 Å². The summed E-state index contributed by atoms with van der Waals surface area (Å²) in [4.78, 5) is 17.6. The number of benzene rings is 1. The van der Waals surface area contributed by atoms with Crippen LogP contribution >= 0.6 is 11.3 Å². The molecule has 0 atom stereocenters. The number of fused-ring (bicyclic) bond motifs is 2. The summed E-state index contributed by atoms with van der Waals surface area (Å²) in [7, 11) is 1.39. The standard InChI is InChI=1S/C14H11NO2S/c1-8-4-3-5-9-6-10-7-11(14(16)17-2)18-13(10)15-12(8)9/h3-7H,1-2H3. The number of esters is 1. The zero-order valence-electron chi connectivity index (χ0n) is 10.1. The number of pyridine rings is 1. The number of methoxy groups -OCH3 is 1. The van der Waals surface area contributed by atoms with Gasteiger partial charge in [-0.1, -0.05) is 18.2 Å². The lowest BCUT2D eigenvalue weighted by atomic mass is 10.1. The molecule has 0 unspecified atom stereocenters. The highest BCUT2D eigenvalue weighted by molar-refractivity contribution is 7.20. The predicted octanol–water partition coefficient (Wildman–Crippen LogP) is 3.54. The van der Waals surface area contributed by atoms with Crippen LogP contribution in [0.2, 0.25) is 0 Å². The fourth-order valence-corrected chi connectivity index (χ4v) is 2.94. The molecule has 3 rings (SSSR count). The van der Waals surface area contributed by atoms with Crippen LogP contribution in [-0.4, -0.2) is 18.1 Å². The molecule has 0 aliphatic heterocycles. The molecule has 90 valence electrons. The number of carbonyl (C=O) groups excluding carboxylic acids is 1. The summed E-state index contributed by atoms with van der Waals surface area (Å²) in [5, 5.41) is 2.08. The Morgan fingerprint density at radius 1 is 1.28 bits per heavy atom. The summed E-state index contributed by atoms with van der Waals surface area (Å²) >= 11 is 1.37. The van der Waals surface area contributed by atoms with Crippen LogP contribution in [-0.2, 0) is 4.74 Å². The number of thiophene rings is 1. The van der Waals surface area contributed by atoms with E-state index in [-0.39, 0.29) is 5.97 Å². The van der Waals surface area contributed by atoms with E-state index in [9.17, 15) is 4.79 Å². The minimum Gasteiger partial charge on any atom is -0.465 e. The molecule has 0 saturated carbocycles. The first-order chi connectivity index (χ1) is 8.69. The summed E-state index contributed by atoms with van der Waals surface area (Å²) in [6, 6.07) is 9.98. The second-order valence-electron chi connectivity index (χ2n) is 4.13. The highest BCUT2D eigenvalue weighted by Crippen LogP contribution is 2.28. The third kappa shape index (κ3) is 1.66. The van der Waals surface area contributed by atoms with Gasteiger partial charge in [-0.05, 0) is 24.6 Å². The smallest absolute Gasteiger partial charge is 0.348 e. The van der Waals surface area contributed by atoms with Crippen LogP contribution in [0.5, 0.6) is 0 Å². The number of para-hydroxylation sites is 1. The second-order valence-corrected chi connectivity index (χ2v) is 5.16. The summed E-state index contributed by atoms with van der Waals surface area (Å²) in [6.45, 7) is 2.04. The van der Waals surface area contributed by atoms with Crippen LogP contribution in [0.25, 0.3) is 21.1 Å². The Bertz CT molecular complexity index is 761. The Hall–Kier alpha value is -1.94. The first-order valence-electron chi connectivity index (χ1n) is 5.57. The molecule has 2 aromatic heterocycles. The maximum absolute atomic E-state index is 11.5. The highest BCUT2D eigenvalue weighted by Gasteiger charge is 2.12. The lowest BCUT2D eigenvalue weighted by Crippen LogP contribution is -1.96. The molecule has 4 heteroatoms. The second kappa shape index (κ2) is 4.07. The van der Waals surface area contributed by atoms with Crippen LogP contribution in [0.15, 0.2) is 30.3 Å². The molecule has 0 bridgehead atoms. The Kier molecular flexibility index (Phi) is 2.52. The van der Waals surface area contributed by atoms with Crippen LogP contribution in [0, 0.1) is 6.92 Å². The van der Waals surface area contributed by atoms with E-state index in [1.165, 1.54) is 18.4 Å². The van der Waals surface area contributed by atoms with Crippen molar-refractivity contribution >= 4 is 38.4 Å². The quantitative estimate of drug-likeness (QED) is 0.626. The molecule has 0 radical (unpaired) electrons. The van der Waals surface area contributed by atoms with Crippen molar-refractivity contribution in [2.75, 3.05) is 7.11 Å². The van der Waals surface area contributed by atoms with E-state index in [0.29, 0.717) is 4.88 Å². The van der Waals surface area contributed by atoms with Crippen molar-refractivity contribution in [2.24, 2.45) is 0 Å². The molecule has 0 N–H and O–H groups in total. The first kappa shape index (κ1) is 11.2. The Morgan fingerprint density at radius 2 is 2.11 bits per heavy atom. The molecule has 2 heterocycles. The predicted molar refractivity (Wildman–Crippen MR) is 73.2 cm³/mol. The average molecular weight is 257 g/mol. The van der Waals surface area contributed by atoms with Gasteiger partial charge in [0.1, 0.15) is 9.71 Å². The minimum absolute atomic E-state index is 0.307. The molecule has 0 saturated heterocycles. The van der Waals surface area contributed by atoms with Gasteiger partial charge in [0.25, 0.3) is 0 Å². The highest BCUT2D eigenvalue weighted by atomic mass is 32.1. The first-order valence-corrected chi connectivity index (χ1v) is 6.39. The number of rotatable bonds is 1. The van der Waals surface area contributed by atoms with Gasteiger partial charge in [-0.15, -0.1) is 11.3 Å². The van der Waals surface area contributed by atoms with Crippen LogP contribution in [0.1, 0.15) is 15.2 Å². The molecule has 0 spiro atoms. The Morgan fingerprint density at radius 3 is 2.89 bits per heavy atom. The van der Waals surface area contributed by atoms with Crippen LogP contribution in [0.4, 0.5) is 0 Å². The molecule has 1 aromatic carbocycles.